The van der Waals surface area contributed by atoms with Crippen LogP contribution < -0.4 is 16.0 Å². The van der Waals surface area contributed by atoms with Gasteiger partial charge in [0.05, 0.1) is 17.1 Å². The summed E-state index contributed by atoms with van der Waals surface area (Å²) in [6.45, 7) is 5.11. The van der Waals surface area contributed by atoms with Crippen molar-refractivity contribution in [2.45, 2.75) is 52.0 Å². The lowest BCUT2D eigenvalue weighted by Crippen LogP contribution is -2.36. The molecule has 0 atom stereocenters. The zero-order valence-electron chi connectivity index (χ0n) is 19.8. The summed E-state index contributed by atoms with van der Waals surface area (Å²) in [5.41, 5.74) is 2.09. The minimum absolute atomic E-state index is 0.000461. The SMILES string of the molecule is CCN(CC)C(=O)c1cccc(NC(=O)CNc2ccc(Cl)c(C(=O)NC3CCCCC3)c2)c1. The van der Waals surface area contributed by atoms with Crippen LogP contribution in [0.1, 0.15) is 66.7 Å². The second-order valence-corrected chi connectivity index (χ2v) is 8.87. The first kappa shape index (κ1) is 25.6. The largest absolute Gasteiger partial charge is 0.376 e. The van der Waals surface area contributed by atoms with Crippen LogP contribution in [0.4, 0.5) is 11.4 Å². The van der Waals surface area contributed by atoms with Crippen molar-refractivity contribution in [2.24, 2.45) is 0 Å². The van der Waals surface area contributed by atoms with Crippen LogP contribution in [-0.2, 0) is 4.79 Å². The van der Waals surface area contributed by atoms with Gasteiger partial charge in [-0.05, 0) is 63.1 Å². The highest BCUT2D eigenvalue weighted by atomic mass is 35.5. The normalized spacial score (nSPS) is 13.7. The van der Waals surface area contributed by atoms with E-state index in [4.69, 9.17) is 11.6 Å². The summed E-state index contributed by atoms with van der Waals surface area (Å²) in [7, 11) is 0. The van der Waals surface area contributed by atoms with E-state index in [-0.39, 0.29) is 30.3 Å². The average molecular weight is 485 g/mol. The van der Waals surface area contributed by atoms with Gasteiger partial charge in [0, 0.05) is 36.1 Å². The fraction of sp³-hybridized carbons (Fsp3) is 0.423. The van der Waals surface area contributed by atoms with Gasteiger partial charge in [-0.2, -0.15) is 0 Å². The molecule has 1 aliphatic rings. The van der Waals surface area contributed by atoms with E-state index < -0.39 is 0 Å². The Labute approximate surface area is 206 Å². The Morgan fingerprint density at radius 1 is 0.971 bits per heavy atom. The molecular formula is C26H33ClN4O3. The summed E-state index contributed by atoms with van der Waals surface area (Å²) < 4.78 is 0. The molecule has 0 radical (unpaired) electrons. The quantitative estimate of drug-likeness (QED) is 0.470. The maximum atomic E-state index is 12.7. The second kappa shape index (κ2) is 12.4. The fourth-order valence-electron chi connectivity index (χ4n) is 4.13. The van der Waals surface area contributed by atoms with Crippen LogP contribution in [0.25, 0.3) is 0 Å². The van der Waals surface area contributed by atoms with Gasteiger partial charge in [-0.15, -0.1) is 0 Å². The van der Waals surface area contributed by atoms with Crippen LogP contribution in [0.3, 0.4) is 0 Å². The van der Waals surface area contributed by atoms with Crippen LogP contribution in [0.2, 0.25) is 5.02 Å². The van der Waals surface area contributed by atoms with E-state index in [9.17, 15) is 14.4 Å². The molecule has 0 bridgehead atoms. The molecule has 0 aromatic heterocycles. The summed E-state index contributed by atoms with van der Waals surface area (Å²) >= 11 is 6.26. The number of hydrogen-bond acceptors (Lipinski definition) is 4. The number of rotatable bonds is 9. The van der Waals surface area contributed by atoms with Crippen molar-refractivity contribution in [2.75, 3.05) is 30.3 Å². The standard InChI is InChI=1S/C26H33ClN4O3/c1-3-31(4-2)26(34)18-9-8-12-21(15-18)29-24(32)17-28-20-13-14-23(27)22(16-20)25(33)30-19-10-6-5-7-11-19/h8-9,12-16,19,28H,3-7,10-11,17H2,1-2H3,(H,29,32)(H,30,33). The summed E-state index contributed by atoms with van der Waals surface area (Å²) in [5, 5.41) is 9.29. The molecule has 7 nitrogen and oxygen atoms in total. The molecule has 182 valence electrons. The van der Waals surface area contributed by atoms with E-state index in [0.717, 1.165) is 25.7 Å². The minimum Gasteiger partial charge on any atom is -0.376 e. The first-order valence-electron chi connectivity index (χ1n) is 11.9. The van der Waals surface area contributed by atoms with Crippen molar-refractivity contribution in [3.8, 4) is 0 Å². The molecule has 8 heteroatoms. The number of anilines is 2. The summed E-state index contributed by atoms with van der Waals surface area (Å²) in [6, 6.07) is 12.1. The molecule has 0 unspecified atom stereocenters. The van der Waals surface area contributed by atoms with Crippen molar-refractivity contribution >= 4 is 40.7 Å². The molecule has 3 rings (SSSR count). The Morgan fingerprint density at radius 3 is 2.41 bits per heavy atom. The Kier molecular flexibility index (Phi) is 9.33. The molecule has 1 aliphatic carbocycles. The van der Waals surface area contributed by atoms with Gasteiger partial charge in [0.15, 0.2) is 0 Å². The zero-order valence-corrected chi connectivity index (χ0v) is 20.6. The number of amides is 3. The third-order valence-electron chi connectivity index (χ3n) is 6.05. The molecule has 2 aromatic carbocycles. The van der Waals surface area contributed by atoms with Gasteiger partial charge in [-0.25, -0.2) is 0 Å². The van der Waals surface area contributed by atoms with Gasteiger partial charge in [-0.1, -0.05) is 36.9 Å². The summed E-state index contributed by atoms with van der Waals surface area (Å²) in [4.78, 5) is 39.5. The zero-order chi connectivity index (χ0) is 24.5. The van der Waals surface area contributed by atoms with E-state index in [1.165, 1.54) is 6.42 Å². The van der Waals surface area contributed by atoms with Crippen LogP contribution >= 0.6 is 11.6 Å². The maximum Gasteiger partial charge on any atom is 0.253 e. The number of hydrogen-bond donors (Lipinski definition) is 3. The number of carbonyl (C=O) groups excluding carboxylic acids is 3. The third-order valence-corrected chi connectivity index (χ3v) is 6.38. The summed E-state index contributed by atoms with van der Waals surface area (Å²) in [5.74, 6) is -0.533. The Bertz CT molecular complexity index is 1020. The summed E-state index contributed by atoms with van der Waals surface area (Å²) in [6.07, 6.45) is 5.45. The van der Waals surface area contributed by atoms with E-state index in [0.29, 0.717) is 40.6 Å². The molecule has 0 saturated heterocycles. The number of benzene rings is 2. The highest BCUT2D eigenvalue weighted by molar-refractivity contribution is 6.34. The van der Waals surface area contributed by atoms with E-state index in [2.05, 4.69) is 16.0 Å². The topological polar surface area (TPSA) is 90.5 Å². The average Bonchev–Trinajstić information content (AvgIpc) is 2.85. The van der Waals surface area contributed by atoms with E-state index in [1.54, 1.807) is 47.4 Å². The smallest absolute Gasteiger partial charge is 0.253 e. The first-order valence-corrected chi connectivity index (χ1v) is 12.3. The molecule has 3 amide bonds. The lowest BCUT2D eigenvalue weighted by atomic mass is 9.95. The van der Waals surface area contributed by atoms with Gasteiger partial charge in [0.2, 0.25) is 5.91 Å². The van der Waals surface area contributed by atoms with Gasteiger partial charge in [0.25, 0.3) is 11.8 Å². The molecule has 3 N–H and O–H groups in total. The monoisotopic (exact) mass is 484 g/mol. The highest BCUT2D eigenvalue weighted by Crippen LogP contribution is 2.23. The predicted octanol–water partition coefficient (Wildman–Crippen LogP) is 4.94. The molecule has 0 spiro atoms. The van der Waals surface area contributed by atoms with Crippen LogP contribution in [0.5, 0.6) is 0 Å². The number of halogens is 1. The van der Waals surface area contributed by atoms with Crippen molar-refractivity contribution in [3.63, 3.8) is 0 Å². The molecule has 1 fully saturated rings. The van der Waals surface area contributed by atoms with Gasteiger partial charge in [-0.3, -0.25) is 14.4 Å². The molecule has 1 saturated carbocycles. The second-order valence-electron chi connectivity index (χ2n) is 8.46. The van der Waals surface area contributed by atoms with Crippen LogP contribution in [0, 0.1) is 0 Å². The highest BCUT2D eigenvalue weighted by Gasteiger charge is 2.19. The van der Waals surface area contributed by atoms with Gasteiger partial charge >= 0.3 is 0 Å². The van der Waals surface area contributed by atoms with Gasteiger partial charge in [0.1, 0.15) is 0 Å². The van der Waals surface area contributed by atoms with Crippen LogP contribution in [0.15, 0.2) is 42.5 Å². The minimum atomic E-state index is -0.268. The van der Waals surface area contributed by atoms with Gasteiger partial charge < -0.3 is 20.9 Å². The van der Waals surface area contributed by atoms with Crippen molar-refractivity contribution in [3.05, 3.63) is 58.6 Å². The Hall–Kier alpha value is -3.06. The Morgan fingerprint density at radius 2 is 1.71 bits per heavy atom. The molecule has 0 heterocycles. The van der Waals surface area contributed by atoms with Crippen LogP contribution in [-0.4, -0.2) is 48.3 Å². The van der Waals surface area contributed by atoms with Crippen molar-refractivity contribution < 1.29 is 14.4 Å². The number of nitrogens with one attached hydrogen (secondary N) is 3. The maximum absolute atomic E-state index is 12.7. The van der Waals surface area contributed by atoms with Crippen molar-refractivity contribution in [1.29, 1.82) is 0 Å². The fourth-order valence-corrected chi connectivity index (χ4v) is 4.33. The number of nitrogens with zero attached hydrogens (tertiary/aromatic N) is 1. The van der Waals surface area contributed by atoms with E-state index >= 15 is 0 Å². The first-order chi connectivity index (χ1) is 16.4. The molecule has 0 aliphatic heterocycles. The third kappa shape index (κ3) is 6.97. The predicted molar refractivity (Wildman–Crippen MR) is 137 cm³/mol. The number of carbonyl (C=O) groups is 3. The Balaban J connectivity index is 1.58. The molecular weight excluding hydrogens is 452 g/mol. The van der Waals surface area contributed by atoms with E-state index in [1.807, 2.05) is 13.8 Å². The molecule has 34 heavy (non-hydrogen) atoms. The lowest BCUT2D eigenvalue weighted by Gasteiger charge is -2.23. The molecule has 2 aromatic rings. The van der Waals surface area contributed by atoms with Crippen molar-refractivity contribution in [1.82, 2.24) is 10.2 Å². The lowest BCUT2D eigenvalue weighted by molar-refractivity contribution is -0.114.